The van der Waals surface area contributed by atoms with E-state index < -0.39 is 4.25 Å². The van der Waals surface area contributed by atoms with Gasteiger partial charge in [-0.05, 0) is 0 Å². The molecule has 3 aromatic rings. The van der Waals surface area contributed by atoms with E-state index in [1.165, 1.54) is 71.7 Å². The third kappa shape index (κ3) is 6.92. The van der Waals surface area contributed by atoms with Crippen LogP contribution in [0.15, 0.2) is 103 Å². The number of rotatable bonds is 14. The Morgan fingerprint density at radius 3 is 1.33 bits per heavy atom. The first-order valence-corrected chi connectivity index (χ1v) is 19.0. The molecule has 0 spiro atoms. The van der Waals surface area contributed by atoms with Gasteiger partial charge in [-0.2, -0.15) is 0 Å². The first kappa shape index (κ1) is 26.9. The molecule has 0 radical (unpaired) electrons. The van der Waals surface area contributed by atoms with Gasteiger partial charge in [0.1, 0.15) is 0 Å². The van der Waals surface area contributed by atoms with E-state index in [1.807, 2.05) is 0 Å². The number of allylic oxidation sites excluding steroid dienone is 2. The van der Waals surface area contributed by atoms with Gasteiger partial charge in [0.05, 0.1) is 0 Å². The second-order valence-electron chi connectivity index (χ2n) is 8.80. The van der Waals surface area contributed by atoms with Gasteiger partial charge in [-0.25, -0.2) is 0 Å². The second kappa shape index (κ2) is 14.0. The van der Waals surface area contributed by atoms with Crippen LogP contribution in [0, 0.1) is 0 Å². The summed E-state index contributed by atoms with van der Waals surface area (Å²) in [7, 11) is 0. The Labute approximate surface area is 228 Å². The molecule has 0 aliphatic heterocycles. The Morgan fingerprint density at radius 1 is 0.515 bits per heavy atom. The predicted octanol–water partition coefficient (Wildman–Crippen LogP) is 8.98. The van der Waals surface area contributed by atoms with Gasteiger partial charge in [0, 0.05) is 0 Å². The summed E-state index contributed by atoms with van der Waals surface area (Å²) in [6.07, 6.45) is 16.8. The van der Waals surface area contributed by atoms with Crippen molar-refractivity contribution in [2.75, 3.05) is 10.6 Å². The van der Waals surface area contributed by atoms with E-state index in [9.17, 15) is 0 Å². The molecule has 0 fully saturated rings. The molecule has 0 saturated heterocycles. The van der Waals surface area contributed by atoms with Crippen LogP contribution >= 0.6 is 48.9 Å². The summed E-state index contributed by atoms with van der Waals surface area (Å²) in [5.41, 5.74) is 0. The van der Waals surface area contributed by atoms with Crippen LogP contribution in [0.2, 0.25) is 0 Å². The standard InChI is InChI=1S/C30H37I2P/c31-26-18-7-5-3-1-2-4-6-8-19-27-33(32,28-20-12-9-13-21-28,29-22-14-10-15-23-29)30-24-16-11-17-25-30/h8-17,19-25H,1-7,18,26-27H2. The number of benzene rings is 3. The molecule has 0 aromatic heterocycles. The van der Waals surface area contributed by atoms with Crippen molar-refractivity contribution in [2.24, 2.45) is 0 Å². The average Bonchev–Trinajstić information content (AvgIpc) is 2.89. The molecule has 33 heavy (non-hydrogen) atoms. The van der Waals surface area contributed by atoms with Crippen LogP contribution in [0.1, 0.15) is 51.4 Å². The van der Waals surface area contributed by atoms with Crippen molar-refractivity contribution in [3.05, 3.63) is 103 Å². The first-order valence-electron chi connectivity index (χ1n) is 12.3. The van der Waals surface area contributed by atoms with Gasteiger partial charge < -0.3 is 0 Å². The van der Waals surface area contributed by atoms with Gasteiger partial charge >= 0.3 is 207 Å². The summed E-state index contributed by atoms with van der Waals surface area (Å²) >= 11 is 5.36. The molecule has 0 aliphatic carbocycles. The van der Waals surface area contributed by atoms with Gasteiger partial charge in [-0.1, -0.05) is 22.6 Å². The van der Waals surface area contributed by atoms with Crippen LogP contribution in [0.25, 0.3) is 0 Å². The van der Waals surface area contributed by atoms with E-state index >= 15 is 0 Å². The molecule has 3 heteroatoms. The Bertz CT molecular complexity index is 855. The van der Waals surface area contributed by atoms with Crippen LogP contribution in [0.4, 0.5) is 0 Å². The summed E-state index contributed by atoms with van der Waals surface area (Å²) in [5.74, 6) is 0. The maximum atomic E-state index is 2.87. The molecule has 0 unspecified atom stereocenters. The number of unbranched alkanes of at least 4 members (excludes halogenated alkanes) is 7. The van der Waals surface area contributed by atoms with Crippen LogP contribution in [-0.4, -0.2) is 10.6 Å². The minimum atomic E-state index is -2.65. The third-order valence-electron chi connectivity index (χ3n) is 6.50. The molecule has 3 rings (SSSR count). The van der Waals surface area contributed by atoms with Crippen LogP contribution in [0.3, 0.4) is 0 Å². The molecule has 176 valence electrons. The molecule has 0 heterocycles. The molecule has 0 aliphatic rings. The number of hydrogen-bond acceptors (Lipinski definition) is 0. The quantitative estimate of drug-likeness (QED) is 0.0524. The molecule has 0 nitrogen and oxygen atoms in total. The van der Waals surface area contributed by atoms with Crippen LogP contribution < -0.4 is 15.9 Å². The maximum absolute atomic E-state index is 2.87. The number of halogens is 2. The molecule has 0 N–H and O–H groups in total. The first-order chi connectivity index (χ1) is 16.2. The van der Waals surface area contributed by atoms with Gasteiger partial charge in [0.15, 0.2) is 0 Å². The van der Waals surface area contributed by atoms with Crippen molar-refractivity contribution in [2.45, 2.75) is 51.4 Å². The summed E-state index contributed by atoms with van der Waals surface area (Å²) < 4.78 is -1.34. The second-order valence-corrected chi connectivity index (χ2v) is 20.5. The van der Waals surface area contributed by atoms with Crippen molar-refractivity contribution in [3.8, 4) is 0 Å². The third-order valence-corrected chi connectivity index (χ3v) is 18.5. The van der Waals surface area contributed by atoms with Crippen LogP contribution in [0.5, 0.6) is 0 Å². The fourth-order valence-electron chi connectivity index (χ4n) is 4.61. The topological polar surface area (TPSA) is 0 Å². The molecular weight excluding hydrogens is 645 g/mol. The average molecular weight is 682 g/mol. The monoisotopic (exact) mass is 682 g/mol. The molecule has 0 saturated carbocycles. The number of hydrogen-bond donors (Lipinski definition) is 0. The van der Waals surface area contributed by atoms with E-state index in [0.717, 1.165) is 6.16 Å². The Hall–Kier alpha value is -0.710. The van der Waals surface area contributed by atoms with Crippen molar-refractivity contribution in [1.29, 1.82) is 0 Å². The van der Waals surface area contributed by atoms with Gasteiger partial charge in [0.2, 0.25) is 0 Å². The molecule has 0 bridgehead atoms. The molecule has 0 amide bonds. The SMILES string of the molecule is ICCCCCCCCCC=CCP(I)(c1ccccc1)(c1ccccc1)c1ccccc1. The fourth-order valence-corrected chi connectivity index (χ4v) is 13.2. The Balaban J connectivity index is 1.79. The van der Waals surface area contributed by atoms with Gasteiger partial charge in [-0.15, -0.1) is 0 Å². The summed E-state index contributed by atoms with van der Waals surface area (Å²) in [5, 5.41) is 4.37. The number of alkyl halides is 1. The summed E-state index contributed by atoms with van der Waals surface area (Å²) in [6.45, 7) is 0. The summed E-state index contributed by atoms with van der Waals surface area (Å²) in [6, 6.07) is 33.7. The zero-order valence-corrected chi connectivity index (χ0v) is 24.8. The van der Waals surface area contributed by atoms with Crippen molar-refractivity contribution in [1.82, 2.24) is 0 Å². The van der Waals surface area contributed by atoms with Crippen molar-refractivity contribution >= 4 is 64.8 Å². The van der Waals surface area contributed by atoms with Gasteiger partial charge in [-0.3, -0.25) is 0 Å². The summed E-state index contributed by atoms with van der Waals surface area (Å²) in [4.78, 5) is 0. The molecular formula is C30H37I2P. The van der Waals surface area contributed by atoms with E-state index in [1.54, 1.807) is 0 Å². The molecule has 3 aromatic carbocycles. The van der Waals surface area contributed by atoms with Crippen molar-refractivity contribution < 1.29 is 0 Å². The Morgan fingerprint density at radius 2 is 0.909 bits per heavy atom. The zero-order chi connectivity index (χ0) is 23.3. The van der Waals surface area contributed by atoms with E-state index in [0.29, 0.717) is 0 Å². The zero-order valence-electron chi connectivity index (χ0n) is 19.6. The predicted molar refractivity (Wildman–Crippen MR) is 169 cm³/mol. The molecule has 0 atom stereocenters. The minimum absolute atomic E-state index is 1.06. The van der Waals surface area contributed by atoms with E-state index in [4.69, 9.17) is 0 Å². The van der Waals surface area contributed by atoms with E-state index in [2.05, 4.69) is 148 Å². The van der Waals surface area contributed by atoms with Gasteiger partial charge in [0.25, 0.3) is 0 Å². The Kier molecular flexibility index (Phi) is 11.4. The van der Waals surface area contributed by atoms with E-state index in [-0.39, 0.29) is 0 Å². The van der Waals surface area contributed by atoms with Crippen LogP contribution in [-0.2, 0) is 0 Å². The van der Waals surface area contributed by atoms with Crippen molar-refractivity contribution in [3.63, 3.8) is 0 Å². The fraction of sp³-hybridized carbons (Fsp3) is 0.333. The normalized spacial score (nSPS) is 13.1.